The van der Waals surface area contributed by atoms with Crippen molar-refractivity contribution in [2.45, 2.75) is 25.7 Å². The number of hydrogen-bond acceptors (Lipinski definition) is 3. The van der Waals surface area contributed by atoms with Crippen LogP contribution < -0.4 is 5.32 Å². The summed E-state index contributed by atoms with van der Waals surface area (Å²) >= 11 is 3.17. The predicted octanol–water partition coefficient (Wildman–Crippen LogP) is 3.52. The molecule has 0 atom stereocenters. The molecule has 2 fully saturated rings. The van der Waals surface area contributed by atoms with Crippen LogP contribution in [0.5, 0.6) is 0 Å². The highest BCUT2D eigenvalue weighted by Crippen LogP contribution is 2.48. The lowest BCUT2D eigenvalue weighted by atomic mass is 9.98. The van der Waals surface area contributed by atoms with E-state index in [-0.39, 0.29) is 16.1 Å². The Morgan fingerprint density at radius 2 is 1.95 bits per heavy atom. The Hall–Kier alpha value is -1.43. The van der Waals surface area contributed by atoms with Crippen molar-refractivity contribution >= 4 is 27.5 Å². The molecule has 0 heterocycles. The molecule has 0 spiro atoms. The van der Waals surface area contributed by atoms with Gasteiger partial charge in [-0.15, -0.1) is 0 Å². The maximum absolute atomic E-state index is 12.3. The van der Waals surface area contributed by atoms with E-state index >= 15 is 0 Å². The molecule has 0 saturated heterocycles. The standard InChI is InChI=1S/C15H17BrN2O3/c16-14-11(2-1-3-13(14)18(20)21)15(19)17-8-12(9-4-5-9)10-6-7-10/h1-3,9-10,12H,4-8H2,(H,17,19). The summed E-state index contributed by atoms with van der Waals surface area (Å²) in [5, 5.41) is 13.9. The zero-order valence-electron chi connectivity index (χ0n) is 11.5. The molecule has 112 valence electrons. The minimum atomic E-state index is -0.488. The molecule has 0 aliphatic heterocycles. The third kappa shape index (κ3) is 3.26. The molecule has 0 unspecified atom stereocenters. The van der Waals surface area contributed by atoms with Gasteiger partial charge >= 0.3 is 0 Å². The first kappa shape index (κ1) is 14.5. The molecule has 1 amide bonds. The number of carbonyl (C=O) groups is 1. The van der Waals surface area contributed by atoms with E-state index in [1.54, 1.807) is 6.07 Å². The maximum atomic E-state index is 12.3. The molecule has 6 heteroatoms. The van der Waals surface area contributed by atoms with Crippen LogP contribution in [0.1, 0.15) is 36.0 Å². The summed E-state index contributed by atoms with van der Waals surface area (Å²) in [6.07, 6.45) is 5.10. The molecule has 1 aromatic carbocycles. The van der Waals surface area contributed by atoms with E-state index in [0.29, 0.717) is 18.0 Å². The Kier molecular flexibility index (Phi) is 3.97. The number of nitrogens with one attached hydrogen (secondary N) is 1. The van der Waals surface area contributed by atoms with Crippen molar-refractivity contribution < 1.29 is 9.72 Å². The summed E-state index contributed by atoms with van der Waals surface area (Å²) < 4.78 is 0.252. The minimum absolute atomic E-state index is 0.0800. The Morgan fingerprint density at radius 1 is 1.33 bits per heavy atom. The van der Waals surface area contributed by atoms with Gasteiger partial charge in [0.05, 0.1) is 10.5 Å². The number of nitro benzene ring substituents is 1. The first-order chi connectivity index (χ1) is 10.1. The van der Waals surface area contributed by atoms with Gasteiger partial charge in [-0.1, -0.05) is 6.07 Å². The molecular weight excluding hydrogens is 336 g/mol. The second-order valence-corrected chi connectivity index (χ2v) is 6.74. The largest absolute Gasteiger partial charge is 0.352 e. The van der Waals surface area contributed by atoms with Crippen molar-refractivity contribution in [1.82, 2.24) is 5.32 Å². The fraction of sp³-hybridized carbons (Fsp3) is 0.533. The van der Waals surface area contributed by atoms with E-state index in [2.05, 4.69) is 21.2 Å². The third-order valence-corrected chi connectivity index (χ3v) is 5.21. The number of benzene rings is 1. The van der Waals surface area contributed by atoms with Gasteiger partial charge < -0.3 is 5.32 Å². The Labute approximate surface area is 131 Å². The number of rotatable bonds is 6. The summed E-state index contributed by atoms with van der Waals surface area (Å²) in [7, 11) is 0. The van der Waals surface area contributed by atoms with E-state index in [4.69, 9.17) is 0 Å². The predicted molar refractivity (Wildman–Crippen MR) is 82.1 cm³/mol. The topological polar surface area (TPSA) is 72.2 Å². The molecule has 5 nitrogen and oxygen atoms in total. The van der Waals surface area contributed by atoms with Crippen molar-refractivity contribution in [3.8, 4) is 0 Å². The molecule has 1 aromatic rings. The lowest BCUT2D eigenvalue weighted by Gasteiger charge is -2.16. The van der Waals surface area contributed by atoms with Gasteiger partial charge in [0.2, 0.25) is 0 Å². The fourth-order valence-corrected chi connectivity index (χ4v) is 3.50. The van der Waals surface area contributed by atoms with Crippen LogP contribution in [0.25, 0.3) is 0 Å². The summed E-state index contributed by atoms with van der Waals surface area (Å²) in [6.45, 7) is 0.684. The van der Waals surface area contributed by atoms with Gasteiger partial charge in [0.15, 0.2) is 0 Å². The molecule has 2 saturated carbocycles. The van der Waals surface area contributed by atoms with Gasteiger partial charge in [-0.3, -0.25) is 14.9 Å². The van der Waals surface area contributed by atoms with E-state index in [1.165, 1.54) is 37.8 Å². The molecule has 2 aliphatic rings. The molecule has 2 aliphatic carbocycles. The molecule has 21 heavy (non-hydrogen) atoms. The van der Waals surface area contributed by atoms with Crippen molar-refractivity contribution in [3.05, 3.63) is 38.3 Å². The molecule has 0 radical (unpaired) electrons. The number of carbonyl (C=O) groups excluding carboxylic acids is 1. The summed E-state index contributed by atoms with van der Waals surface area (Å²) in [6, 6.07) is 4.53. The van der Waals surface area contributed by atoms with Crippen LogP contribution in [0.2, 0.25) is 0 Å². The highest BCUT2D eigenvalue weighted by atomic mass is 79.9. The number of amides is 1. The molecular formula is C15H17BrN2O3. The van der Waals surface area contributed by atoms with Gasteiger partial charge in [0.25, 0.3) is 11.6 Å². The minimum Gasteiger partial charge on any atom is -0.352 e. The SMILES string of the molecule is O=C(NCC(C1CC1)C1CC1)c1cccc([N+](=O)[O-])c1Br. The van der Waals surface area contributed by atoms with Crippen LogP contribution in [-0.4, -0.2) is 17.4 Å². The van der Waals surface area contributed by atoms with Crippen LogP contribution in [0.15, 0.2) is 22.7 Å². The first-order valence-electron chi connectivity index (χ1n) is 7.29. The van der Waals surface area contributed by atoms with Gasteiger partial charge in [-0.25, -0.2) is 0 Å². The zero-order chi connectivity index (χ0) is 15.0. The molecule has 1 N–H and O–H groups in total. The van der Waals surface area contributed by atoms with Crippen molar-refractivity contribution in [1.29, 1.82) is 0 Å². The smallest absolute Gasteiger partial charge is 0.284 e. The fourth-order valence-electron chi connectivity index (χ4n) is 2.91. The summed E-state index contributed by atoms with van der Waals surface area (Å²) in [5.74, 6) is 1.89. The highest BCUT2D eigenvalue weighted by Gasteiger charge is 2.41. The lowest BCUT2D eigenvalue weighted by Crippen LogP contribution is -2.31. The maximum Gasteiger partial charge on any atom is 0.284 e. The van der Waals surface area contributed by atoms with Crippen molar-refractivity contribution in [2.75, 3.05) is 6.54 Å². The van der Waals surface area contributed by atoms with Crippen molar-refractivity contribution in [2.24, 2.45) is 17.8 Å². The summed E-state index contributed by atoms with van der Waals surface area (Å²) in [5.41, 5.74) is 0.248. The number of nitro groups is 1. The lowest BCUT2D eigenvalue weighted by molar-refractivity contribution is -0.385. The van der Waals surface area contributed by atoms with E-state index < -0.39 is 4.92 Å². The molecule has 0 aromatic heterocycles. The van der Waals surface area contributed by atoms with Crippen LogP contribution in [0, 0.1) is 27.9 Å². The zero-order valence-corrected chi connectivity index (χ0v) is 13.1. The Bertz CT molecular complexity index is 570. The normalized spacial score (nSPS) is 17.8. The van der Waals surface area contributed by atoms with Crippen LogP contribution in [0.4, 0.5) is 5.69 Å². The van der Waals surface area contributed by atoms with Crippen LogP contribution in [-0.2, 0) is 0 Å². The van der Waals surface area contributed by atoms with Crippen LogP contribution >= 0.6 is 15.9 Å². The van der Waals surface area contributed by atoms with Gasteiger partial charge in [-0.05, 0) is 65.4 Å². The molecule has 3 rings (SSSR count). The Morgan fingerprint density at radius 3 is 2.48 bits per heavy atom. The monoisotopic (exact) mass is 352 g/mol. The number of halogens is 1. The van der Waals surface area contributed by atoms with E-state index in [0.717, 1.165) is 11.8 Å². The highest BCUT2D eigenvalue weighted by molar-refractivity contribution is 9.10. The quantitative estimate of drug-likeness (QED) is 0.628. The molecule has 0 bridgehead atoms. The second kappa shape index (κ2) is 5.75. The average molecular weight is 353 g/mol. The Balaban J connectivity index is 1.67. The number of hydrogen-bond donors (Lipinski definition) is 1. The van der Waals surface area contributed by atoms with E-state index in [9.17, 15) is 14.9 Å². The second-order valence-electron chi connectivity index (χ2n) is 5.94. The van der Waals surface area contributed by atoms with Crippen molar-refractivity contribution in [3.63, 3.8) is 0 Å². The number of nitrogens with zero attached hydrogens (tertiary/aromatic N) is 1. The van der Waals surface area contributed by atoms with Gasteiger partial charge in [0, 0.05) is 12.6 Å². The average Bonchev–Trinajstić information content (AvgIpc) is 3.32. The van der Waals surface area contributed by atoms with Gasteiger partial charge in [-0.2, -0.15) is 0 Å². The van der Waals surface area contributed by atoms with Gasteiger partial charge in [0.1, 0.15) is 4.47 Å². The van der Waals surface area contributed by atoms with Crippen LogP contribution in [0.3, 0.4) is 0 Å². The first-order valence-corrected chi connectivity index (χ1v) is 8.08. The van der Waals surface area contributed by atoms with E-state index in [1.807, 2.05) is 0 Å². The summed E-state index contributed by atoms with van der Waals surface area (Å²) in [4.78, 5) is 22.7. The third-order valence-electron chi connectivity index (χ3n) is 4.37.